The van der Waals surface area contributed by atoms with E-state index in [4.69, 9.17) is 11.6 Å². The zero-order valence-electron chi connectivity index (χ0n) is 9.45. The van der Waals surface area contributed by atoms with Crippen LogP contribution in [0.25, 0.3) is 0 Å². The fourth-order valence-electron chi connectivity index (χ4n) is 1.39. The summed E-state index contributed by atoms with van der Waals surface area (Å²) in [6, 6.07) is 4.28. The maximum absolute atomic E-state index is 13.5. The van der Waals surface area contributed by atoms with Gasteiger partial charge in [-0.1, -0.05) is 23.2 Å². The molecule has 1 aromatic carbocycles. The number of benzene rings is 1. The van der Waals surface area contributed by atoms with Crippen molar-refractivity contribution in [2.45, 2.75) is 6.92 Å². The molecule has 1 heterocycles. The Morgan fingerprint density at radius 1 is 1.33 bits per heavy atom. The van der Waals surface area contributed by atoms with E-state index in [1.54, 1.807) is 13.0 Å². The number of halogens is 2. The molecule has 0 aliphatic carbocycles. The van der Waals surface area contributed by atoms with Gasteiger partial charge in [0.2, 0.25) is 0 Å². The van der Waals surface area contributed by atoms with Crippen LogP contribution < -0.4 is 5.32 Å². The van der Waals surface area contributed by atoms with Gasteiger partial charge in [0.05, 0.1) is 5.56 Å². The van der Waals surface area contributed by atoms with Crippen LogP contribution in [0.15, 0.2) is 30.6 Å². The number of aryl methyl sites for hydroxylation is 1. The molecule has 1 aromatic heterocycles. The van der Waals surface area contributed by atoms with Crippen molar-refractivity contribution in [3.8, 4) is 0 Å². The molecule has 18 heavy (non-hydrogen) atoms. The molecule has 0 unspecified atom stereocenters. The molecule has 0 spiro atoms. The molecule has 6 heteroatoms. The monoisotopic (exact) mass is 265 g/mol. The SMILES string of the molecule is Cc1ccc(F)c(C(=O)Nc2nccnc2Cl)c1. The molecule has 0 saturated heterocycles. The van der Waals surface area contributed by atoms with Crippen LogP contribution in [-0.4, -0.2) is 15.9 Å². The number of rotatable bonds is 2. The molecule has 0 atom stereocenters. The average Bonchev–Trinajstić information content (AvgIpc) is 2.35. The molecule has 0 bridgehead atoms. The fraction of sp³-hybridized carbons (Fsp3) is 0.0833. The number of amides is 1. The molecule has 0 fully saturated rings. The highest BCUT2D eigenvalue weighted by molar-refractivity contribution is 6.32. The van der Waals surface area contributed by atoms with Crippen LogP contribution in [0.5, 0.6) is 0 Å². The van der Waals surface area contributed by atoms with E-state index in [1.165, 1.54) is 24.5 Å². The highest BCUT2D eigenvalue weighted by Crippen LogP contribution is 2.17. The summed E-state index contributed by atoms with van der Waals surface area (Å²) in [6.07, 6.45) is 2.78. The zero-order chi connectivity index (χ0) is 13.1. The number of aromatic nitrogens is 2. The van der Waals surface area contributed by atoms with Crippen LogP contribution in [0.2, 0.25) is 5.15 Å². The van der Waals surface area contributed by atoms with Crippen LogP contribution in [-0.2, 0) is 0 Å². The number of hydrogen-bond acceptors (Lipinski definition) is 3. The van der Waals surface area contributed by atoms with Crippen molar-refractivity contribution >= 4 is 23.3 Å². The van der Waals surface area contributed by atoms with Crippen molar-refractivity contribution in [3.63, 3.8) is 0 Å². The molecule has 2 aromatic rings. The van der Waals surface area contributed by atoms with Crippen LogP contribution in [0.1, 0.15) is 15.9 Å². The molecule has 1 amide bonds. The maximum Gasteiger partial charge on any atom is 0.259 e. The number of hydrogen-bond donors (Lipinski definition) is 1. The van der Waals surface area contributed by atoms with E-state index in [2.05, 4.69) is 15.3 Å². The average molecular weight is 266 g/mol. The lowest BCUT2D eigenvalue weighted by atomic mass is 10.1. The lowest BCUT2D eigenvalue weighted by molar-refractivity contribution is 0.102. The second-order valence-electron chi connectivity index (χ2n) is 3.63. The van der Waals surface area contributed by atoms with Crippen LogP contribution in [0.4, 0.5) is 10.2 Å². The largest absolute Gasteiger partial charge is 0.304 e. The van der Waals surface area contributed by atoms with Crippen LogP contribution in [0.3, 0.4) is 0 Å². The molecule has 0 radical (unpaired) electrons. The molecular weight excluding hydrogens is 257 g/mol. The van der Waals surface area contributed by atoms with Gasteiger partial charge in [-0.05, 0) is 19.1 Å². The molecule has 1 N–H and O–H groups in total. The third kappa shape index (κ3) is 2.62. The van der Waals surface area contributed by atoms with Crippen molar-refractivity contribution in [1.82, 2.24) is 9.97 Å². The standard InChI is InChI=1S/C12H9ClFN3O/c1-7-2-3-9(14)8(6-7)12(18)17-11-10(13)15-4-5-16-11/h2-6H,1H3,(H,16,17,18). The Kier molecular flexibility index (Phi) is 3.53. The molecular formula is C12H9ClFN3O. The van der Waals surface area contributed by atoms with E-state index in [-0.39, 0.29) is 16.5 Å². The predicted molar refractivity (Wildman–Crippen MR) is 66.1 cm³/mol. The molecule has 0 aliphatic rings. The fourth-order valence-corrected chi connectivity index (χ4v) is 1.55. The number of carbonyl (C=O) groups excluding carboxylic acids is 1. The van der Waals surface area contributed by atoms with Gasteiger partial charge in [-0.2, -0.15) is 0 Å². The topological polar surface area (TPSA) is 54.9 Å². The summed E-state index contributed by atoms with van der Waals surface area (Å²) < 4.78 is 13.5. The van der Waals surface area contributed by atoms with E-state index in [0.717, 1.165) is 5.56 Å². The van der Waals surface area contributed by atoms with Gasteiger partial charge in [-0.3, -0.25) is 4.79 Å². The van der Waals surface area contributed by atoms with Crippen LogP contribution >= 0.6 is 11.6 Å². The van der Waals surface area contributed by atoms with Crippen molar-refractivity contribution in [3.05, 3.63) is 52.7 Å². The summed E-state index contributed by atoms with van der Waals surface area (Å²) in [5.41, 5.74) is 0.725. The summed E-state index contributed by atoms with van der Waals surface area (Å²) in [5.74, 6) is -1.11. The van der Waals surface area contributed by atoms with Crippen molar-refractivity contribution in [2.24, 2.45) is 0 Å². The smallest absolute Gasteiger partial charge is 0.259 e. The molecule has 2 rings (SSSR count). The minimum Gasteiger partial charge on any atom is -0.304 e. The van der Waals surface area contributed by atoms with Crippen LogP contribution in [0, 0.1) is 12.7 Å². The number of anilines is 1. The lowest BCUT2D eigenvalue weighted by Crippen LogP contribution is -2.15. The van der Waals surface area contributed by atoms with E-state index in [0.29, 0.717) is 0 Å². The lowest BCUT2D eigenvalue weighted by Gasteiger charge is -2.06. The number of carbonyl (C=O) groups is 1. The van der Waals surface area contributed by atoms with Crippen molar-refractivity contribution in [1.29, 1.82) is 0 Å². The Morgan fingerprint density at radius 2 is 2.06 bits per heavy atom. The second-order valence-corrected chi connectivity index (χ2v) is 3.99. The Hall–Kier alpha value is -2.01. The van der Waals surface area contributed by atoms with E-state index >= 15 is 0 Å². The van der Waals surface area contributed by atoms with E-state index in [9.17, 15) is 9.18 Å². The molecule has 0 saturated carbocycles. The van der Waals surface area contributed by atoms with Crippen molar-refractivity contribution < 1.29 is 9.18 Å². The minimum absolute atomic E-state index is 0.0545. The van der Waals surface area contributed by atoms with Crippen molar-refractivity contribution in [2.75, 3.05) is 5.32 Å². The predicted octanol–water partition coefficient (Wildman–Crippen LogP) is 2.83. The number of nitrogens with one attached hydrogen (secondary N) is 1. The quantitative estimate of drug-likeness (QED) is 0.908. The van der Waals surface area contributed by atoms with E-state index < -0.39 is 11.7 Å². The highest BCUT2D eigenvalue weighted by Gasteiger charge is 2.14. The normalized spacial score (nSPS) is 10.2. The summed E-state index contributed by atoms with van der Waals surface area (Å²) >= 11 is 5.74. The molecule has 92 valence electrons. The Bertz CT molecular complexity index is 604. The minimum atomic E-state index is -0.612. The summed E-state index contributed by atoms with van der Waals surface area (Å²) in [6.45, 7) is 1.77. The van der Waals surface area contributed by atoms with Gasteiger partial charge in [0.1, 0.15) is 5.82 Å². The van der Waals surface area contributed by atoms with Gasteiger partial charge in [0, 0.05) is 12.4 Å². The Morgan fingerprint density at radius 3 is 2.78 bits per heavy atom. The van der Waals surface area contributed by atoms with E-state index in [1.807, 2.05) is 0 Å². The number of nitrogens with zero attached hydrogens (tertiary/aromatic N) is 2. The third-order valence-electron chi connectivity index (χ3n) is 2.25. The summed E-state index contributed by atoms with van der Waals surface area (Å²) in [4.78, 5) is 19.5. The van der Waals surface area contributed by atoms with Gasteiger partial charge < -0.3 is 5.32 Å². The first kappa shape index (κ1) is 12.4. The molecule has 4 nitrogen and oxygen atoms in total. The second kappa shape index (κ2) is 5.10. The first-order chi connectivity index (χ1) is 8.58. The van der Waals surface area contributed by atoms with Gasteiger partial charge in [-0.25, -0.2) is 14.4 Å². The first-order valence-electron chi connectivity index (χ1n) is 5.12. The third-order valence-corrected chi connectivity index (χ3v) is 2.53. The van der Waals surface area contributed by atoms with Gasteiger partial charge in [0.15, 0.2) is 11.0 Å². The Balaban J connectivity index is 2.28. The first-order valence-corrected chi connectivity index (χ1v) is 5.50. The van der Waals surface area contributed by atoms with Gasteiger partial charge in [0.25, 0.3) is 5.91 Å². The Labute approximate surface area is 108 Å². The van der Waals surface area contributed by atoms with Gasteiger partial charge >= 0.3 is 0 Å². The zero-order valence-corrected chi connectivity index (χ0v) is 10.2. The summed E-state index contributed by atoms with van der Waals surface area (Å²) in [7, 11) is 0. The van der Waals surface area contributed by atoms with Gasteiger partial charge in [-0.15, -0.1) is 0 Å². The molecule has 0 aliphatic heterocycles. The maximum atomic E-state index is 13.5. The summed E-state index contributed by atoms with van der Waals surface area (Å²) in [5, 5.41) is 2.46. The highest BCUT2D eigenvalue weighted by atomic mass is 35.5.